The van der Waals surface area contributed by atoms with Crippen LogP contribution in [0.3, 0.4) is 0 Å². The number of hydrogen-bond donors (Lipinski definition) is 2. The number of nitrogens with one attached hydrogen (secondary N) is 1. The Labute approximate surface area is 123 Å². The number of phenols is 1. The minimum Gasteiger partial charge on any atom is -0.508 e. The summed E-state index contributed by atoms with van der Waals surface area (Å²) in [7, 11) is 0. The van der Waals surface area contributed by atoms with Gasteiger partial charge >= 0.3 is 0 Å². The number of hydrogen-bond acceptors (Lipinski definition) is 2. The van der Waals surface area contributed by atoms with E-state index in [1.807, 2.05) is 6.92 Å². The predicted molar refractivity (Wildman–Crippen MR) is 79.7 cm³/mol. The molecule has 2 rings (SSSR count). The Morgan fingerprint density at radius 1 is 1.19 bits per heavy atom. The van der Waals surface area contributed by atoms with Crippen LogP contribution in [0.1, 0.15) is 16.7 Å². The number of carbonyl (C=O) groups excluding carboxylic acids is 1. The summed E-state index contributed by atoms with van der Waals surface area (Å²) in [5.74, 6) is -0.266. The summed E-state index contributed by atoms with van der Waals surface area (Å²) in [6.07, 6.45) is 0.799. The van der Waals surface area contributed by atoms with Gasteiger partial charge in [-0.15, -0.1) is 0 Å². The van der Waals surface area contributed by atoms with Crippen LogP contribution >= 0.6 is 0 Å². The lowest BCUT2D eigenvalue weighted by Gasteiger charge is -2.08. The molecule has 110 valence electrons. The smallest absolute Gasteiger partial charge is 0.224 e. The zero-order chi connectivity index (χ0) is 15.2. The van der Waals surface area contributed by atoms with E-state index in [4.69, 9.17) is 0 Å². The number of aromatic hydroxyl groups is 1. The second-order valence-corrected chi connectivity index (χ2v) is 4.98. The molecule has 21 heavy (non-hydrogen) atoms. The number of carbonyl (C=O) groups is 1. The van der Waals surface area contributed by atoms with E-state index < -0.39 is 0 Å². The van der Waals surface area contributed by atoms with Gasteiger partial charge in [-0.1, -0.05) is 24.3 Å². The Bertz CT molecular complexity index is 640. The summed E-state index contributed by atoms with van der Waals surface area (Å²) >= 11 is 0. The monoisotopic (exact) mass is 287 g/mol. The first-order chi connectivity index (χ1) is 10.1. The van der Waals surface area contributed by atoms with Gasteiger partial charge in [0.25, 0.3) is 0 Å². The molecule has 0 saturated carbocycles. The zero-order valence-electron chi connectivity index (χ0n) is 11.9. The fourth-order valence-corrected chi connectivity index (χ4v) is 2.17. The summed E-state index contributed by atoms with van der Waals surface area (Å²) < 4.78 is 13.0. The average Bonchev–Trinajstić information content (AvgIpc) is 2.44. The molecule has 0 aliphatic rings. The third-order valence-corrected chi connectivity index (χ3v) is 3.36. The maximum Gasteiger partial charge on any atom is 0.224 e. The molecule has 0 aliphatic heterocycles. The van der Waals surface area contributed by atoms with Crippen molar-refractivity contribution in [2.24, 2.45) is 0 Å². The number of para-hydroxylation sites is 1. The molecule has 2 N–H and O–H groups in total. The lowest BCUT2D eigenvalue weighted by Crippen LogP contribution is -2.27. The highest BCUT2D eigenvalue weighted by molar-refractivity contribution is 5.79. The van der Waals surface area contributed by atoms with E-state index in [2.05, 4.69) is 5.32 Å². The SMILES string of the molecule is Cc1cc(F)ccc1CCNC(=O)Cc1ccccc1O. The van der Waals surface area contributed by atoms with E-state index in [-0.39, 0.29) is 23.9 Å². The minimum absolute atomic E-state index is 0.127. The van der Waals surface area contributed by atoms with Crippen LogP contribution in [0.25, 0.3) is 0 Å². The van der Waals surface area contributed by atoms with Crippen molar-refractivity contribution in [2.75, 3.05) is 6.54 Å². The molecular formula is C17H18FNO2. The number of rotatable bonds is 5. The van der Waals surface area contributed by atoms with Crippen LogP contribution in [-0.2, 0) is 17.6 Å². The van der Waals surface area contributed by atoms with Gasteiger partial charge in [0.05, 0.1) is 6.42 Å². The molecule has 0 spiro atoms. The first-order valence-electron chi connectivity index (χ1n) is 6.85. The Kier molecular flexibility index (Phi) is 4.93. The first kappa shape index (κ1) is 15.0. The van der Waals surface area contributed by atoms with Gasteiger partial charge in [0, 0.05) is 12.1 Å². The van der Waals surface area contributed by atoms with Crippen molar-refractivity contribution in [3.63, 3.8) is 0 Å². The summed E-state index contributed by atoms with van der Waals surface area (Å²) in [4.78, 5) is 11.8. The topological polar surface area (TPSA) is 49.3 Å². The summed E-state index contributed by atoms with van der Waals surface area (Å²) in [6, 6.07) is 11.4. The Morgan fingerprint density at radius 2 is 1.95 bits per heavy atom. The maximum atomic E-state index is 13.0. The normalized spacial score (nSPS) is 10.4. The molecule has 0 atom stereocenters. The van der Waals surface area contributed by atoms with E-state index in [9.17, 15) is 14.3 Å². The van der Waals surface area contributed by atoms with E-state index in [0.717, 1.165) is 11.1 Å². The summed E-state index contributed by atoms with van der Waals surface area (Å²) in [5, 5.41) is 12.4. The predicted octanol–water partition coefficient (Wildman–Crippen LogP) is 2.74. The lowest BCUT2D eigenvalue weighted by molar-refractivity contribution is -0.120. The van der Waals surface area contributed by atoms with Gasteiger partial charge in [-0.05, 0) is 42.7 Å². The molecule has 0 heterocycles. The van der Waals surface area contributed by atoms with Crippen molar-refractivity contribution < 1.29 is 14.3 Å². The Balaban J connectivity index is 1.83. The molecule has 1 amide bonds. The molecule has 3 nitrogen and oxygen atoms in total. The second-order valence-electron chi connectivity index (χ2n) is 4.98. The van der Waals surface area contributed by atoms with Crippen molar-refractivity contribution in [1.82, 2.24) is 5.32 Å². The average molecular weight is 287 g/mol. The third kappa shape index (κ3) is 4.31. The number of amides is 1. The van der Waals surface area contributed by atoms with Crippen LogP contribution in [0.2, 0.25) is 0 Å². The van der Waals surface area contributed by atoms with Gasteiger partial charge < -0.3 is 10.4 Å². The molecule has 2 aromatic rings. The fraction of sp³-hybridized carbons (Fsp3) is 0.235. The van der Waals surface area contributed by atoms with Crippen LogP contribution in [0, 0.1) is 12.7 Å². The van der Waals surface area contributed by atoms with Gasteiger partial charge in [0.15, 0.2) is 0 Å². The van der Waals surface area contributed by atoms with Gasteiger partial charge in [-0.3, -0.25) is 4.79 Å². The molecule has 0 radical (unpaired) electrons. The zero-order valence-corrected chi connectivity index (χ0v) is 11.9. The van der Waals surface area contributed by atoms with Gasteiger partial charge in [0.2, 0.25) is 5.91 Å². The van der Waals surface area contributed by atoms with Crippen LogP contribution < -0.4 is 5.32 Å². The van der Waals surface area contributed by atoms with Crippen molar-refractivity contribution in [3.8, 4) is 5.75 Å². The van der Waals surface area contributed by atoms with Crippen LogP contribution in [0.15, 0.2) is 42.5 Å². The standard InChI is InChI=1S/C17H18FNO2/c1-12-10-15(18)7-6-13(12)8-9-19-17(21)11-14-4-2-3-5-16(14)20/h2-7,10,20H,8-9,11H2,1H3,(H,19,21). The third-order valence-electron chi connectivity index (χ3n) is 3.36. The van der Waals surface area contributed by atoms with E-state index in [0.29, 0.717) is 18.5 Å². The van der Waals surface area contributed by atoms with Crippen molar-refractivity contribution in [1.29, 1.82) is 0 Å². The summed E-state index contributed by atoms with van der Waals surface area (Å²) in [6.45, 7) is 2.33. The fourth-order valence-electron chi connectivity index (χ4n) is 2.17. The molecule has 0 bridgehead atoms. The van der Waals surface area contributed by atoms with E-state index >= 15 is 0 Å². The van der Waals surface area contributed by atoms with Crippen molar-refractivity contribution >= 4 is 5.91 Å². The Morgan fingerprint density at radius 3 is 2.67 bits per heavy atom. The second kappa shape index (κ2) is 6.88. The largest absolute Gasteiger partial charge is 0.508 e. The van der Waals surface area contributed by atoms with E-state index in [1.54, 1.807) is 30.3 Å². The molecule has 0 fully saturated rings. The van der Waals surface area contributed by atoms with Crippen molar-refractivity contribution in [3.05, 3.63) is 65.0 Å². The van der Waals surface area contributed by atoms with Gasteiger partial charge in [-0.2, -0.15) is 0 Å². The highest BCUT2D eigenvalue weighted by Crippen LogP contribution is 2.16. The minimum atomic E-state index is -0.250. The number of benzene rings is 2. The molecule has 4 heteroatoms. The van der Waals surface area contributed by atoms with Gasteiger partial charge in [0.1, 0.15) is 11.6 Å². The van der Waals surface area contributed by atoms with E-state index in [1.165, 1.54) is 12.1 Å². The lowest BCUT2D eigenvalue weighted by atomic mass is 10.1. The number of halogens is 1. The Hall–Kier alpha value is -2.36. The molecular weight excluding hydrogens is 269 g/mol. The molecule has 0 saturated heterocycles. The number of aryl methyl sites for hydroxylation is 1. The molecule has 2 aromatic carbocycles. The maximum absolute atomic E-state index is 13.0. The van der Waals surface area contributed by atoms with Crippen molar-refractivity contribution in [2.45, 2.75) is 19.8 Å². The quantitative estimate of drug-likeness (QED) is 0.888. The van der Waals surface area contributed by atoms with Crippen LogP contribution in [0.5, 0.6) is 5.75 Å². The summed E-state index contributed by atoms with van der Waals surface area (Å²) in [5.41, 5.74) is 2.50. The first-order valence-corrected chi connectivity index (χ1v) is 6.85. The van der Waals surface area contributed by atoms with Gasteiger partial charge in [-0.25, -0.2) is 4.39 Å². The molecule has 0 aliphatic carbocycles. The molecule has 0 unspecified atom stereocenters. The highest BCUT2D eigenvalue weighted by Gasteiger charge is 2.07. The molecule has 0 aromatic heterocycles. The van der Waals surface area contributed by atoms with Crippen LogP contribution in [0.4, 0.5) is 4.39 Å². The van der Waals surface area contributed by atoms with Crippen LogP contribution in [-0.4, -0.2) is 17.6 Å². The number of phenolic OH excluding ortho intramolecular Hbond substituents is 1. The highest BCUT2D eigenvalue weighted by atomic mass is 19.1.